The van der Waals surface area contributed by atoms with Gasteiger partial charge in [-0.25, -0.2) is 14.2 Å². The summed E-state index contributed by atoms with van der Waals surface area (Å²) in [7, 11) is 0. The van der Waals surface area contributed by atoms with Gasteiger partial charge in [0, 0.05) is 31.0 Å². The van der Waals surface area contributed by atoms with Gasteiger partial charge in [0.15, 0.2) is 5.82 Å². The molecule has 1 N–H and O–H groups in total. The van der Waals surface area contributed by atoms with Crippen molar-refractivity contribution in [2.75, 3.05) is 18.0 Å². The molecule has 7 heteroatoms. The van der Waals surface area contributed by atoms with Crippen LogP contribution in [0.25, 0.3) is 11.8 Å². The van der Waals surface area contributed by atoms with Crippen LogP contribution in [0.5, 0.6) is 0 Å². The van der Waals surface area contributed by atoms with Crippen molar-refractivity contribution < 1.29 is 14.3 Å². The second-order valence-electron chi connectivity index (χ2n) is 5.86. The molecular weight excluding hydrogens is 325 g/mol. The summed E-state index contributed by atoms with van der Waals surface area (Å²) in [5.74, 6) is -1.20. The number of carbonyl (C=O) groups is 1. The highest BCUT2D eigenvalue weighted by molar-refractivity contribution is 5.84. The van der Waals surface area contributed by atoms with Gasteiger partial charge in [-0.05, 0) is 49.6 Å². The van der Waals surface area contributed by atoms with Gasteiger partial charge >= 0.3 is 5.97 Å². The summed E-state index contributed by atoms with van der Waals surface area (Å²) in [6, 6.07) is 5.55. The monoisotopic (exact) mass is 343 g/mol. The number of hydrogen-bond donors (Lipinski definition) is 1. The van der Waals surface area contributed by atoms with E-state index in [1.807, 2.05) is 4.90 Å². The van der Waals surface area contributed by atoms with Crippen molar-refractivity contribution in [3.63, 3.8) is 0 Å². The van der Waals surface area contributed by atoms with Crippen LogP contribution in [-0.2, 0) is 4.79 Å². The number of halogens is 1. The summed E-state index contributed by atoms with van der Waals surface area (Å²) in [5.41, 5.74) is 0.546. The van der Waals surface area contributed by atoms with Gasteiger partial charge in [-0.15, -0.1) is 0 Å². The molecule has 2 heterocycles. The predicted octanol–water partition coefficient (Wildman–Crippen LogP) is 2.46. The molecule has 0 unspecified atom stereocenters. The van der Waals surface area contributed by atoms with Crippen LogP contribution in [0.2, 0.25) is 0 Å². The topological polar surface area (TPSA) is 75.4 Å². The number of benzene rings is 1. The molecule has 2 aromatic rings. The summed E-state index contributed by atoms with van der Waals surface area (Å²) in [5, 5.41) is 8.83. The molecule has 25 heavy (non-hydrogen) atoms. The summed E-state index contributed by atoms with van der Waals surface area (Å²) in [6.07, 6.45) is 6.85. The predicted molar refractivity (Wildman–Crippen MR) is 92.5 cm³/mol. The second kappa shape index (κ2) is 7.29. The number of carboxylic acid groups (broad SMARTS) is 1. The third-order valence-corrected chi connectivity index (χ3v) is 4.06. The first-order chi connectivity index (χ1) is 12.0. The van der Waals surface area contributed by atoms with Crippen LogP contribution in [0, 0.1) is 5.82 Å². The van der Waals surface area contributed by atoms with E-state index >= 15 is 0 Å². The minimum absolute atomic E-state index is 0.288. The quantitative estimate of drug-likeness (QED) is 0.863. The van der Waals surface area contributed by atoms with Gasteiger partial charge in [0.25, 0.3) is 5.56 Å². The number of nitrogens with zero attached hydrogens (tertiary/aromatic N) is 3. The standard InChI is InChI=1S/C18H18FN3O3/c19-13-4-7-15(8-5-13)22-12-14(6-9-16(23)24)20-17(18(22)25)21-10-2-1-3-11-21/h4-9,12H,1-3,10-11H2,(H,23,24)/b9-6+. The number of aliphatic carboxylic acids is 1. The molecule has 0 atom stereocenters. The smallest absolute Gasteiger partial charge is 0.328 e. The van der Waals surface area contributed by atoms with Gasteiger partial charge < -0.3 is 10.0 Å². The van der Waals surface area contributed by atoms with Crippen molar-refractivity contribution in [2.45, 2.75) is 19.3 Å². The van der Waals surface area contributed by atoms with Crippen molar-refractivity contribution in [1.82, 2.24) is 9.55 Å². The number of hydrogen-bond acceptors (Lipinski definition) is 4. The minimum atomic E-state index is -1.10. The first-order valence-corrected chi connectivity index (χ1v) is 8.10. The first kappa shape index (κ1) is 16.9. The maximum absolute atomic E-state index is 13.2. The maximum Gasteiger partial charge on any atom is 0.328 e. The van der Waals surface area contributed by atoms with E-state index in [-0.39, 0.29) is 11.4 Å². The van der Waals surface area contributed by atoms with E-state index in [1.165, 1.54) is 41.1 Å². The molecule has 1 aliphatic heterocycles. The Morgan fingerprint density at radius 1 is 1.16 bits per heavy atom. The average molecular weight is 343 g/mol. The van der Waals surface area contributed by atoms with Crippen molar-refractivity contribution in [3.05, 3.63) is 58.4 Å². The molecule has 1 aliphatic rings. The molecule has 0 radical (unpaired) electrons. The Hall–Kier alpha value is -2.96. The van der Waals surface area contributed by atoms with Crippen molar-refractivity contribution >= 4 is 17.9 Å². The number of anilines is 1. The number of piperidine rings is 1. The highest BCUT2D eigenvalue weighted by Gasteiger charge is 2.18. The van der Waals surface area contributed by atoms with Crippen molar-refractivity contribution in [2.24, 2.45) is 0 Å². The van der Waals surface area contributed by atoms with Gasteiger partial charge in [-0.2, -0.15) is 0 Å². The van der Waals surface area contributed by atoms with Crippen molar-refractivity contribution in [3.8, 4) is 5.69 Å². The highest BCUT2D eigenvalue weighted by Crippen LogP contribution is 2.17. The third kappa shape index (κ3) is 3.93. The SMILES string of the molecule is O=C(O)/C=C/c1cn(-c2ccc(F)cc2)c(=O)c(N2CCCCC2)n1. The van der Waals surface area contributed by atoms with Crippen LogP contribution in [0.4, 0.5) is 10.2 Å². The maximum atomic E-state index is 13.2. The van der Waals surface area contributed by atoms with Gasteiger partial charge in [0.05, 0.1) is 5.69 Å². The van der Waals surface area contributed by atoms with Crippen LogP contribution in [-0.4, -0.2) is 33.7 Å². The highest BCUT2D eigenvalue weighted by atomic mass is 19.1. The Kier molecular flexibility index (Phi) is 4.92. The van der Waals surface area contributed by atoms with Gasteiger partial charge in [-0.3, -0.25) is 9.36 Å². The van der Waals surface area contributed by atoms with Gasteiger partial charge in [0.2, 0.25) is 0 Å². The number of carboxylic acids is 1. The molecular formula is C18H18FN3O3. The fourth-order valence-electron chi connectivity index (χ4n) is 2.84. The zero-order valence-corrected chi connectivity index (χ0v) is 13.6. The molecule has 3 rings (SSSR count). The molecule has 6 nitrogen and oxygen atoms in total. The van der Waals surface area contributed by atoms with Gasteiger partial charge in [-0.1, -0.05) is 0 Å². The number of rotatable bonds is 4. The lowest BCUT2D eigenvalue weighted by molar-refractivity contribution is -0.131. The second-order valence-corrected chi connectivity index (χ2v) is 5.86. The molecule has 1 aromatic carbocycles. The van der Waals surface area contributed by atoms with E-state index in [0.29, 0.717) is 11.4 Å². The Labute approximate surface area is 143 Å². The molecule has 130 valence electrons. The third-order valence-electron chi connectivity index (χ3n) is 4.06. The largest absolute Gasteiger partial charge is 0.478 e. The Morgan fingerprint density at radius 3 is 2.48 bits per heavy atom. The Balaban J connectivity index is 2.11. The fraction of sp³-hybridized carbons (Fsp3) is 0.278. The van der Waals surface area contributed by atoms with Crippen LogP contribution >= 0.6 is 0 Å². The van der Waals surface area contributed by atoms with E-state index in [9.17, 15) is 14.0 Å². The Morgan fingerprint density at radius 2 is 1.84 bits per heavy atom. The summed E-state index contributed by atoms with van der Waals surface area (Å²) < 4.78 is 14.6. The van der Waals surface area contributed by atoms with Crippen LogP contribution in [0.3, 0.4) is 0 Å². The van der Waals surface area contributed by atoms with Crippen LogP contribution < -0.4 is 10.5 Å². The lowest BCUT2D eigenvalue weighted by Gasteiger charge is -2.27. The van der Waals surface area contributed by atoms with E-state index in [0.717, 1.165) is 38.4 Å². The molecule has 0 aliphatic carbocycles. The fourth-order valence-corrected chi connectivity index (χ4v) is 2.84. The molecule has 1 fully saturated rings. The summed E-state index contributed by atoms with van der Waals surface area (Å²) in [6.45, 7) is 1.47. The summed E-state index contributed by atoms with van der Waals surface area (Å²) >= 11 is 0. The minimum Gasteiger partial charge on any atom is -0.478 e. The molecule has 0 saturated carbocycles. The zero-order chi connectivity index (χ0) is 17.8. The Bertz CT molecular complexity index is 853. The molecule has 1 saturated heterocycles. The number of aromatic nitrogens is 2. The van der Waals surface area contributed by atoms with Crippen molar-refractivity contribution in [1.29, 1.82) is 0 Å². The molecule has 0 spiro atoms. The lowest BCUT2D eigenvalue weighted by atomic mass is 10.1. The summed E-state index contributed by atoms with van der Waals surface area (Å²) in [4.78, 5) is 29.9. The van der Waals surface area contributed by atoms with Crippen LogP contribution in [0.15, 0.2) is 41.3 Å². The molecule has 0 bridgehead atoms. The lowest BCUT2D eigenvalue weighted by Crippen LogP contribution is -2.37. The van der Waals surface area contributed by atoms with E-state index in [4.69, 9.17) is 5.11 Å². The van der Waals surface area contributed by atoms with Crippen LogP contribution in [0.1, 0.15) is 25.0 Å². The zero-order valence-electron chi connectivity index (χ0n) is 13.6. The van der Waals surface area contributed by atoms with E-state index in [1.54, 1.807) is 0 Å². The first-order valence-electron chi connectivity index (χ1n) is 8.10. The van der Waals surface area contributed by atoms with E-state index < -0.39 is 11.8 Å². The normalized spacial score (nSPS) is 14.8. The van der Waals surface area contributed by atoms with Gasteiger partial charge in [0.1, 0.15) is 5.82 Å². The molecule has 1 aromatic heterocycles. The van der Waals surface area contributed by atoms with E-state index in [2.05, 4.69) is 4.98 Å². The molecule has 0 amide bonds. The average Bonchev–Trinajstić information content (AvgIpc) is 2.62.